The van der Waals surface area contributed by atoms with E-state index in [0.29, 0.717) is 25.4 Å². The molecule has 1 unspecified atom stereocenters. The molecule has 0 aromatic rings. The third-order valence-corrected chi connectivity index (χ3v) is 8.61. The minimum absolute atomic E-state index is 0.0873. The lowest BCUT2D eigenvalue weighted by Crippen LogP contribution is -2.53. The van der Waals surface area contributed by atoms with Gasteiger partial charge >= 0.3 is 6.09 Å². The van der Waals surface area contributed by atoms with E-state index < -0.39 is 15.4 Å². The van der Waals surface area contributed by atoms with Crippen LogP contribution in [0.4, 0.5) is 4.79 Å². The van der Waals surface area contributed by atoms with Gasteiger partial charge in [0.15, 0.2) is 9.84 Å². The average Bonchev–Trinajstić information content (AvgIpc) is 3.06. The van der Waals surface area contributed by atoms with Gasteiger partial charge in [0.2, 0.25) is 5.91 Å². The van der Waals surface area contributed by atoms with Crippen LogP contribution in [0, 0.1) is 5.92 Å². The number of nitrogens with zero attached hydrogens (tertiary/aromatic N) is 2. The summed E-state index contributed by atoms with van der Waals surface area (Å²) in [5, 5.41) is 2.86. The van der Waals surface area contributed by atoms with Crippen molar-refractivity contribution in [2.75, 3.05) is 37.7 Å². The third kappa shape index (κ3) is 7.61. The number of alkyl carbamates (subject to hydrolysis) is 1. The van der Waals surface area contributed by atoms with Gasteiger partial charge in [-0.15, -0.1) is 0 Å². The first-order valence-corrected chi connectivity index (χ1v) is 14.1. The van der Waals surface area contributed by atoms with E-state index >= 15 is 0 Å². The van der Waals surface area contributed by atoms with Crippen molar-refractivity contribution in [3.8, 4) is 0 Å². The van der Waals surface area contributed by atoms with E-state index in [-0.39, 0.29) is 35.6 Å². The van der Waals surface area contributed by atoms with E-state index in [0.717, 1.165) is 51.6 Å². The van der Waals surface area contributed by atoms with E-state index in [1.165, 1.54) is 6.42 Å². The lowest BCUT2D eigenvalue weighted by Gasteiger charge is -2.40. The van der Waals surface area contributed by atoms with E-state index in [9.17, 15) is 18.0 Å². The Morgan fingerprint density at radius 2 is 1.66 bits per heavy atom. The number of piperidine rings is 1. The van der Waals surface area contributed by atoms with Gasteiger partial charge in [0.1, 0.15) is 5.60 Å². The molecule has 0 aromatic heterocycles. The molecule has 0 spiro atoms. The smallest absolute Gasteiger partial charge is 0.407 e. The van der Waals surface area contributed by atoms with Gasteiger partial charge in [-0.1, -0.05) is 19.3 Å². The van der Waals surface area contributed by atoms with Gasteiger partial charge in [-0.25, -0.2) is 13.2 Å². The van der Waals surface area contributed by atoms with Crippen molar-refractivity contribution in [2.45, 2.75) is 89.8 Å². The average molecular weight is 472 g/mol. The minimum atomic E-state index is -3.03. The first-order valence-electron chi connectivity index (χ1n) is 12.2. The Morgan fingerprint density at radius 3 is 2.22 bits per heavy atom. The minimum Gasteiger partial charge on any atom is -0.444 e. The third-order valence-electron chi connectivity index (χ3n) is 6.86. The second-order valence-electron chi connectivity index (χ2n) is 10.8. The fourth-order valence-corrected chi connectivity index (χ4v) is 6.93. The zero-order chi connectivity index (χ0) is 23.4. The zero-order valence-electron chi connectivity index (χ0n) is 20.0. The number of hydrogen-bond donors (Lipinski definition) is 1. The summed E-state index contributed by atoms with van der Waals surface area (Å²) < 4.78 is 29.4. The molecule has 1 aliphatic carbocycles. The molecule has 9 heteroatoms. The predicted octanol–water partition coefficient (Wildman–Crippen LogP) is 2.57. The molecule has 3 fully saturated rings. The largest absolute Gasteiger partial charge is 0.444 e. The molecule has 0 radical (unpaired) electrons. The molecule has 2 amide bonds. The van der Waals surface area contributed by atoms with Crippen molar-refractivity contribution in [3.05, 3.63) is 0 Å². The van der Waals surface area contributed by atoms with Gasteiger partial charge in [-0.05, 0) is 71.9 Å². The van der Waals surface area contributed by atoms with Crippen LogP contribution in [0.25, 0.3) is 0 Å². The molecule has 3 aliphatic rings. The van der Waals surface area contributed by atoms with Crippen LogP contribution in [0.1, 0.15) is 72.1 Å². The number of hydrogen-bond acceptors (Lipinski definition) is 6. The maximum atomic E-state index is 13.4. The van der Waals surface area contributed by atoms with Crippen LogP contribution in [0.5, 0.6) is 0 Å². The van der Waals surface area contributed by atoms with Crippen molar-refractivity contribution < 1.29 is 22.7 Å². The van der Waals surface area contributed by atoms with Gasteiger partial charge in [0.25, 0.3) is 0 Å². The Hall–Kier alpha value is -1.35. The normalized spacial score (nSPS) is 25.4. The van der Waals surface area contributed by atoms with Gasteiger partial charge in [-0.2, -0.15) is 0 Å². The summed E-state index contributed by atoms with van der Waals surface area (Å²) in [5.74, 6) is 0.783. The molecular weight excluding hydrogens is 430 g/mol. The molecule has 0 aromatic carbocycles. The van der Waals surface area contributed by atoms with Crippen LogP contribution in [-0.4, -0.2) is 85.6 Å². The molecule has 2 heterocycles. The standard InChI is InChI=1S/C23H41N3O5S/c1-23(2,3)31-22(28)24-15-18-9-12-25(13-10-18)16-21(27)26(19-7-5-4-6-8-19)20-11-14-32(29,30)17-20/h18-20H,4-17H2,1-3H3,(H,24,28). The van der Waals surface area contributed by atoms with Crippen LogP contribution in [0.15, 0.2) is 0 Å². The number of likely N-dealkylation sites (tertiary alicyclic amines) is 1. The van der Waals surface area contributed by atoms with Crippen LogP contribution in [0.2, 0.25) is 0 Å². The second kappa shape index (κ2) is 10.7. The Morgan fingerprint density at radius 1 is 1.00 bits per heavy atom. The number of ether oxygens (including phenoxy) is 1. The number of nitrogens with one attached hydrogen (secondary N) is 1. The SMILES string of the molecule is CC(C)(C)OC(=O)NCC1CCN(CC(=O)N(C2CCCCC2)C2CCS(=O)(=O)C2)CC1. The monoisotopic (exact) mass is 471 g/mol. The summed E-state index contributed by atoms with van der Waals surface area (Å²) in [7, 11) is -3.03. The predicted molar refractivity (Wildman–Crippen MR) is 124 cm³/mol. The second-order valence-corrected chi connectivity index (χ2v) is 13.0. The maximum absolute atomic E-state index is 13.4. The Bertz CT molecular complexity index is 750. The number of sulfone groups is 1. The van der Waals surface area contributed by atoms with Crippen LogP contribution in [-0.2, 0) is 19.4 Å². The molecule has 32 heavy (non-hydrogen) atoms. The lowest BCUT2D eigenvalue weighted by atomic mass is 9.92. The van der Waals surface area contributed by atoms with Gasteiger partial charge in [-0.3, -0.25) is 9.69 Å². The van der Waals surface area contributed by atoms with Crippen molar-refractivity contribution in [2.24, 2.45) is 5.92 Å². The summed E-state index contributed by atoms with van der Waals surface area (Å²) in [6, 6.07) is 0.0243. The summed E-state index contributed by atoms with van der Waals surface area (Å²) in [6.45, 7) is 8.12. The number of rotatable bonds is 6. The highest BCUT2D eigenvalue weighted by Gasteiger charge is 2.39. The highest BCUT2D eigenvalue weighted by Crippen LogP contribution is 2.29. The highest BCUT2D eigenvalue weighted by molar-refractivity contribution is 7.91. The van der Waals surface area contributed by atoms with Crippen molar-refractivity contribution in [3.63, 3.8) is 0 Å². The van der Waals surface area contributed by atoms with Crippen molar-refractivity contribution in [1.82, 2.24) is 15.1 Å². The lowest BCUT2D eigenvalue weighted by molar-refractivity contribution is -0.138. The molecule has 1 saturated carbocycles. The van der Waals surface area contributed by atoms with Crippen LogP contribution < -0.4 is 5.32 Å². The molecule has 8 nitrogen and oxygen atoms in total. The maximum Gasteiger partial charge on any atom is 0.407 e. The molecule has 2 saturated heterocycles. The van der Waals surface area contributed by atoms with Crippen molar-refractivity contribution in [1.29, 1.82) is 0 Å². The first kappa shape index (κ1) is 25.3. The molecular formula is C23H41N3O5S. The van der Waals surface area contributed by atoms with Crippen LogP contribution >= 0.6 is 0 Å². The Labute approximate surface area is 193 Å². The fraction of sp³-hybridized carbons (Fsp3) is 0.913. The summed E-state index contributed by atoms with van der Waals surface area (Å²) >= 11 is 0. The molecule has 1 atom stereocenters. The number of carbonyl (C=O) groups excluding carboxylic acids is 2. The quantitative estimate of drug-likeness (QED) is 0.640. The Balaban J connectivity index is 1.49. The van der Waals surface area contributed by atoms with Crippen molar-refractivity contribution >= 4 is 21.8 Å². The summed E-state index contributed by atoms with van der Waals surface area (Å²) in [6.07, 6.45) is 7.43. The van der Waals surface area contributed by atoms with Gasteiger partial charge in [0.05, 0.1) is 18.1 Å². The molecule has 1 N–H and O–H groups in total. The number of amides is 2. The molecule has 2 aliphatic heterocycles. The molecule has 184 valence electrons. The van der Waals surface area contributed by atoms with E-state index in [1.54, 1.807) is 0 Å². The molecule has 3 rings (SSSR count). The van der Waals surface area contributed by atoms with Gasteiger partial charge < -0.3 is 15.0 Å². The van der Waals surface area contributed by atoms with Crippen LogP contribution in [0.3, 0.4) is 0 Å². The summed E-state index contributed by atoms with van der Waals surface area (Å²) in [4.78, 5) is 29.4. The van der Waals surface area contributed by atoms with E-state index in [1.807, 2.05) is 25.7 Å². The first-order chi connectivity index (χ1) is 15.0. The molecule has 0 bridgehead atoms. The van der Waals surface area contributed by atoms with Gasteiger partial charge in [0, 0.05) is 18.6 Å². The highest BCUT2D eigenvalue weighted by atomic mass is 32.2. The Kier molecular flexibility index (Phi) is 8.47. The van der Waals surface area contributed by atoms with E-state index in [4.69, 9.17) is 4.74 Å². The topological polar surface area (TPSA) is 96.0 Å². The zero-order valence-corrected chi connectivity index (χ0v) is 20.8. The fourth-order valence-electron chi connectivity index (χ4n) is 5.22. The summed E-state index contributed by atoms with van der Waals surface area (Å²) in [5.41, 5.74) is -0.503. The van der Waals surface area contributed by atoms with E-state index in [2.05, 4.69) is 10.2 Å². The number of carbonyl (C=O) groups is 2.